The summed E-state index contributed by atoms with van der Waals surface area (Å²) in [6.07, 6.45) is 1.95. The van der Waals surface area contributed by atoms with E-state index in [4.69, 9.17) is 4.74 Å². The van der Waals surface area contributed by atoms with E-state index in [1.807, 2.05) is 24.4 Å². The summed E-state index contributed by atoms with van der Waals surface area (Å²) < 4.78 is 5.13. The van der Waals surface area contributed by atoms with Crippen LogP contribution in [-0.2, 0) is 0 Å². The van der Waals surface area contributed by atoms with Crippen molar-refractivity contribution in [3.63, 3.8) is 0 Å². The van der Waals surface area contributed by atoms with E-state index in [9.17, 15) is 0 Å². The fourth-order valence-electron chi connectivity index (χ4n) is 1.69. The molecule has 2 aromatic rings. The molecule has 1 heterocycles. The molecule has 1 aromatic heterocycles. The maximum absolute atomic E-state index is 5.13. The molecule has 1 aromatic carbocycles. The summed E-state index contributed by atoms with van der Waals surface area (Å²) in [4.78, 5) is 3.23. The third-order valence-corrected chi connectivity index (χ3v) is 2.70. The van der Waals surface area contributed by atoms with Crippen molar-refractivity contribution in [1.29, 1.82) is 0 Å². The molecule has 15 heavy (non-hydrogen) atoms. The number of hydrogen-bond acceptors (Lipinski definition) is 1. The molecule has 0 amide bonds. The molecule has 0 bridgehead atoms. The second-order valence-corrected chi connectivity index (χ2v) is 3.62. The molecular formula is C13H15NO. The van der Waals surface area contributed by atoms with Gasteiger partial charge in [0.25, 0.3) is 0 Å². The quantitative estimate of drug-likeness (QED) is 0.810. The number of ether oxygens (including phenoxy) is 1. The van der Waals surface area contributed by atoms with Gasteiger partial charge in [0.05, 0.1) is 7.11 Å². The Morgan fingerprint density at radius 2 is 1.87 bits per heavy atom. The Kier molecular flexibility index (Phi) is 2.77. The largest absolute Gasteiger partial charge is 0.497 e. The van der Waals surface area contributed by atoms with E-state index in [0.717, 1.165) is 5.75 Å². The Labute approximate surface area is 89.9 Å². The number of aromatic amines is 1. The van der Waals surface area contributed by atoms with Crippen LogP contribution in [0.2, 0.25) is 0 Å². The van der Waals surface area contributed by atoms with Gasteiger partial charge in [-0.1, -0.05) is 19.1 Å². The lowest BCUT2D eigenvalue weighted by atomic mass is 9.98. The summed E-state index contributed by atoms with van der Waals surface area (Å²) in [6.45, 7) is 2.19. The van der Waals surface area contributed by atoms with Crippen molar-refractivity contribution in [3.8, 4) is 5.75 Å². The molecular weight excluding hydrogens is 186 g/mol. The van der Waals surface area contributed by atoms with Crippen molar-refractivity contribution in [1.82, 2.24) is 4.98 Å². The molecule has 2 rings (SSSR count). The third kappa shape index (κ3) is 2.04. The van der Waals surface area contributed by atoms with Crippen molar-refractivity contribution >= 4 is 0 Å². The second-order valence-electron chi connectivity index (χ2n) is 3.62. The number of rotatable bonds is 3. The maximum atomic E-state index is 5.13. The van der Waals surface area contributed by atoms with E-state index in [-0.39, 0.29) is 0 Å². The lowest BCUT2D eigenvalue weighted by molar-refractivity contribution is 0.414. The standard InChI is InChI=1S/C13H15NO/c1-10(13-4-3-9-14-13)11-5-7-12(15-2)8-6-11/h3-10,14H,1-2H3/t10-/m1/s1. The summed E-state index contributed by atoms with van der Waals surface area (Å²) >= 11 is 0. The van der Waals surface area contributed by atoms with Gasteiger partial charge in [0.2, 0.25) is 0 Å². The van der Waals surface area contributed by atoms with Crippen LogP contribution in [0.1, 0.15) is 24.1 Å². The monoisotopic (exact) mass is 201 g/mol. The molecule has 1 atom stereocenters. The van der Waals surface area contributed by atoms with Crippen LogP contribution in [0.25, 0.3) is 0 Å². The topological polar surface area (TPSA) is 25.0 Å². The number of aromatic nitrogens is 1. The number of hydrogen-bond donors (Lipinski definition) is 1. The van der Waals surface area contributed by atoms with Gasteiger partial charge < -0.3 is 9.72 Å². The van der Waals surface area contributed by atoms with Gasteiger partial charge in [0, 0.05) is 17.8 Å². The molecule has 78 valence electrons. The Morgan fingerprint density at radius 1 is 1.13 bits per heavy atom. The van der Waals surface area contributed by atoms with Crippen LogP contribution >= 0.6 is 0 Å². The van der Waals surface area contributed by atoms with Crippen LogP contribution < -0.4 is 4.74 Å². The predicted octanol–water partition coefficient (Wildman–Crippen LogP) is 3.18. The Bertz CT molecular complexity index is 403. The van der Waals surface area contributed by atoms with E-state index < -0.39 is 0 Å². The van der Waals surface area contributed by atoms with Gasteiger partial charge in [0.1, 0.15) is 5.75 Å². The molecule has 0 aliphatic heterocycles. The van der Waals surface area contributed by atoms with Gasteiger partial charge >= 0.3 is 0 Å². The van der Waals surface area contributed by atoms with Gasteiger partial charge in [-0.25, -0.2) is 0 Å². The lowest BCUT2D eigenvalue weighted by Crippen LogP contribution is -1.96. The molecule has 0 aliphatic rings. The number of benzene rings is 1. The van der Waals surface area contributed by atoms with Crippen molar-refractivity contribution in [2.24, 2.45) is 0 Å². The van der Waals surface area contributed by atoms with Gasteiger partial charge in [-0.05, 0) is 29.8 Å². The van der Waals surface area contributed by atoms with Crippen molar-refractivity contribution < 1.29 is 4.74 Å². The molecule has 0 radical (unpaired) electrons. The van der Waals surface area contributed by atoms with Crippen LogP contribution in [0.3, 0.4) is 0 Å². The zero-order chi connectivity index (χ0) is 10.7. The summed E-state index contributed by atoms with van der Waals surface area (Å²) in [6, 6.07) is 12.3. The first-order chi connectivity index (χ1) is 7.31. The summed E-state index contributed by atoms with van der Waals surface area (Å²) in [5.41, 5.74) is 2.53. The van der Waals surface area contributed by atoms with Crippen molar-refractivity contribution in [2.45, 2.75) is 12.8 Å². The van der Waals surface area contributed by atoms with Gasteiger partial charge in [-0.3, -0.25) is 0 Å². The molecule has 0 saturated carbocycles. The average molecular weight is 201 g/mol. The van der Waals surface area contributed by atoms with Crippen molar-refractivity contribution in [3.05, 3.63) is 53.9 Å². The van der Waals surface area contributed by atoms with E-state index >= 15 is 0 Å². The fraction of sp³-hybridized carbons (Fsp3) is 0.231. The van der Waals surface area contributed by atoms with Crippen LogP contribution in [-0.4, -0.2) is 12.1 Å². The fourth-order valence-corrected chi connectivity index (χ4v) is 1.69. The molecule has 0 fully saturated rings. The highest BCUT2D eigenvalue weighted by atomic mass is 16.5. The highest BCUT2D eigenvalue weighted by Crippen LogP contribution is 2.24. The minimum Gasteiger partial charge on any atom is -0.497 e. The van der Waals surface area contributed by atoms with Gasteiger partial charge in [-0.15, -0.1) is 0 Å². The highest BCUT2D eigenvalue weighted by Gasteiger charge is 2.08. The smallest absolute Gasteiger partial charge is 0.118 e. The summed E-state index contributed by atoms with van der Waals surface area (Å²) in [5.74, 6) is 1.29. The van der Waals surface area contributed by atoms with Crippen molar-refractivity contribution in [2.75, 3.05) is 7.11 Å². The minimum atomic E-state index is 0.394. The minimum absolute atomic E-state index is 0.394. The molecule has 0 unspecified atom stereocenters. The number of H-pyrrole nitrogens is 1. The number of methoxy groups -OCH3 is 1. The van der Waals surface area contributed by atoms with E-state index in [1.54, 1.807) is 7.11 Å². The first-order valence-electron chi connectivity index (χ1n) is 5.08. The normalized spacial score (nSPS) is 12.4. The van der Waals surface area contributed by atoms with Gasteiger partial charge in [0.15, 0.2) is 0 Å². The highest BCUT2D eigenvalue weighted by molar-refractivity contribution is 5.33. The molecule has 0 aliphatic carbocycles. The van der Waals surface area contributed by atoms with Crippen LogP contribution in [0.15, 0.2) is 42.6 Å². The Balaban J connectivity index is 2.22. The molecule has 0 spiro atoms. The summed E-state index contributed by atoms with van der Waals surface area (Å²) in [7, 11) is 1.68. The zero-order valence-electron chi connectivity index (χ0n) is 9.03. The number of nitrogens with one attached hydrogen (secondary N) is 1. The molecule has 0 saturated heterocycles. The summed E-state index contributed by atoms with van der Waals surface area (Å²) in [5, 5.41) is 0. The SMILES string of the molecule is COc1ccc([C@@H](C)c2ccc[nH]2)cc1. The lowest BCUT2D eigenvalue weighted by Gasteiger charge is -2.10. The van der Waals surface area contributed by atoms with Crippen LogP contribution in [0.5, 0.6) is 5.75 Å². The van der Waals surface area contributed by atoms with E-state index in [0.29, 0.717) is 5.92 Å². The zero-order valence-corrected chi connectivity index (χ0v) is 9.03. The third-order valence-electron chi connectivity index (χ3n) is 2.70. The van der Waals surface area contributed by atoms with Crippen LogP contribution in [0, 0.1) is 0 Å². The van der Waals surface area contributed by atoms with E-state index in [2.05, 4.69) is 30.1 Å². The average Bonchev–Trinajstić information content (AvgIpc) is 2.82. The van der Waals surface area contributed by atoms with Crippen LogP contribution in [0.4, 0.5) is 0 Å². The first-order valence-corrected chi connectivity index (χ1v) is 5.08. The van der Waals surface area contributed by atoms with Gasteiger partial charge in [-0.2, -0.15) is 0 Å². The molecule has 2 heteroatoms. The Morgan fingerprint density at radius 3 is 2.40 bits per heavy atom. The van der Waals surface area contributed by atoms with E-state index in [1.165, 1.54) is 11.3 Å². The Hall–Kier alpha value is -1.70. The maximum Gasteiger partial charge on any atom is 0.118 e. The molecule has 1 N–H and O–H groups in total. The first kappa shape index (κ1) is 9.84. The second kappa shape index (κ2) is 4.22. The molecule has 2 nitrogen and oxygen atoms in total. The predicted molar refractivity (Wildman–Crippen MR) is 61.3 cm³/mol.